The van der Waals surface area contributed by atoms with Gasteiger partial charge < -0.3 is 20.3 Å². The largest absolute Gasteiger partial charge is 0.497 e. The monoisotopic (exact) mass is 302 g/mol. The van der Waals surface area contributed by atoms with Gasteiger partial charge in [-0.1, -0.05) is 6.07 Å². The molecule has 0 unspecified atom stereocenters. The molecule has 1 heterocycles. The molecule has 1 aromatic heterocycles. The van der Waals surface area contributed by atoms with Crippen LogP contribution in [0, 0.1) is 0 Å². The third kappa shape index (κ3) is 5.17. The van der Waals surface area contributed by atoms with E-state index in [2.05, 4.69) is 44.8 Å². The van der Waals surface area contributed by atoms with Gasteiger partial charge in [0.1, 0.15) is 5.75 Å². The van der Waals surface area contributed by atoms with Gasteiger partial charge in [-0.05, 0) is 39.2 Å². The van der Waals surface area contributed by atoms with Crippen LogP contribution in [0.4, 0.5) is 17.5 Å². The van der Waals surface area contributed by atoms with E-state index >= 15 is 0 Å². The zero-order chi connectivity index (χ0) is 15.8. The lowest BCUT2D eigenvalue weighted by atomic mass is 10.3. The van der Waals surface area contributed by atoms with Crippen LogP contribution < -0.4 is 15.4 Å². The van der Waals surface area contributed by atoms with E-state index in [0.29, 0.717) is 11.8 Å². The number of hydrogen-bond acceptors (Lipinski definition) is 7. The summed E-state index contributed by atoms with van der Waals surface area (Å²) in [6.07, 6.45) is 2.65. The topological polar surface area (TPSA) is 75.2 Å². The Hall–Kier alpha value is -2.41. The van der Waals surface area contributed by atoms with Crippen LogP contribution in [0.15, 0.2) is 30.5 Å². The van der Waals surface area contributed by atoms with Gasteiger partial charge in [0.2, 0.25) is 5.95 Å². The van der Waals surface area contributed by atoms with Crippen molar-refractivity contribution >= 4 is 17.5 Å². The maximum Gasteiger partial charge on any atom is 0.249 e. The lowest BCUT2D eigenvalue weighted by Crippen LogP contribution is -2.17. The fourth-order valence-corrected chi connectivity index (χ4v) is 1.88. The molecule has 2 rings (SSSR count). The zero-order valence-corrected chi connectivity index (χ0v) is 13.2. The van der Waals surface area contributed by atoms with Gasteiger partial charge in [-0.15, -0.1) is 5.10 Å². The number of benzene rings is 1. The average molecular weight is 302 g/mol. The van der Waals surface area contributed by atoms with Crippen molar-refractivity contribution in [1.82, 2.24) is 20.1 Å². The van der Waals surface area contributed by atoms with Gasteiger partial charge in [0.25, 0.3) is 0 Å². The van der Waals surface area contributed by atoms with Crippen LogP contribution in [0.3, 0.4) is 0 Å². The summed E-state index contributed by atoms with van der Waals surface area (Å²) in [5, 5.41) is 14.3. The second-order valence-electron chi connectivity index (χ2n) is 5.11. The van der Waals surface area contributed by atoms with Crippen molar-refractivity contribution < 1.29 is 4.74 Å². The number of aromatic nitrogens is 3. The van der Waals surface area contributed by atoms with E-state index in [0.717, 1.165) is 30.9 Å². The first-order valence-corrected chi connectivity index (χ1v) is 7.17. The maximum atomic E-state index is 5.19. The van der Waals surface area contributed by atoms with Crippen molar-refractivity contribution in [3.05, 3.63) is 30.5 Å². The van der Waals surface area contributed by atoms with Gasteiger partial charge in [-0.25, -0.2) is 0 Å². The smallest absolute Gasteiger partial charge is 0.249 e. The number of ether oxygens (including phenoxy) is 1. The molecule has 1 aromatic carbocycles. The molecular formula is C15H22N6O. The molecule has 2 N–H and O–H groups in total. The summed E-state index contributed by atoms with van der Waals surface area (Å²) in [4.78, 5) is 6.54. The molecule has 0 aliphatic rings. The van der Waals surface area contributed by atoms with Gasteiger partial charge in [-0.2, -0.15) is 10.1 Å². The van der Waals surface area contributed by atoms with Crippen molar-refractivity contribution in [1.29, 1.82) is 0 Å². The van der Waals surface area contributed by atoms with Gasteiger partial charge in [-0.3, -0.25) is 0 Å². The van der Waals surface area contributed by atoms with Gasteiger partial charge in [0, 0.05) is 18.3 Å². The molecule has 0 fully saturated rings. The van der Waals surface area contributed by atoms with Crippen molar-refractivity contribution in [3.63, 3.8) is 0 Å². The molecule has 0 atom stereocenters. The van der Waals surface area contributed by atoms with Crippen LogP contribution in [0.1, 0.15) is 6.42 Å². The van der Waals surface area contributed by atoms with E-state index in [9.17, 15) is 0 Å². The lowest BCUT2D eigenvalue weighted by molar-refractivity contribution is 0.405. The Balaban J connectivity index is 1.93. The zero-order valence-electron chi connectivity index (χ0n) is 13.2. The minimum Gasteiger partial charge on any atom is -0.497 e. The van der Waals surface area contributed by atoms with Crippen molar-refractivity contribution in [2.24, 2.45) is 0 Å². The SMILES string of the molecule is COc1cccc(Nc2nncc(NCCCN(C)C)n2)c1. The lowest BCUT2D eigenvalue weighted by Gasteiger charge is -2.10. The Labute approximate surface area is 130 Å². The van der Waals surface area contributed by atoms with Crippen LogP contribution in [-0.2, 0) is 0 Å². The molecule has 0 saturated carbocycles. The molecule has 0 saturated heterocycles. The Kier molecular flexibility index (Phi) is 5.91. The first kappa shape index (κ1) is 16.0. The third-order valence-corrected chi connectivity index (χ3v) is 2.97. The quantitative estimate of drug-likeness (QED) is 0.722. The first-order valence-electron chi connectivity index (χ1n) is 7.17. The number of rotatable bonds is 8. The molecule has 0 aliphatic heterocycles. The number of methoxy groups -OCH3 is 1. The molecule has 7 heteroatoms. The van der Waals surface area contributed by atoms with E-state index in [1.165, 1.54) is 0 Å². The second kappa shape index (κ2) is 8.14. The summed E-state index contributed by atoms with van der Waals surface area (Å²) in [7, 11) is 5.75. The molecule has 0 aliphatic carbocycles. The summed E-state index contributed by atoms with van der Waals surface area (Å²) >= 11 is 0. The predicted octanol–water partition coefficient (Wildman–Crippen LogP) is 1.99. The Bertz CT molecular complexity index is 590. The molecule has 22 heavy (non-hydrogen) atoms. The van der Waals surface area contributed by atoms with E-state index in [-0.39, 0.29) is 0 Å². The van der Waals surface area contributed by atoms with Gasteiger partial charge in [0.05, 0.1) is 13.3 Å². The predicted molar refractivity (Wildman–Crippen MR) is 87.8 cm³/mol. The minimum absolute atomic E-state index is 0.450. The number of nitrogens with zero attached hydrogens (tertiary/aromatic N) is 4. The molecule has 0 bridgehead atoms. The standard InChI is InChI=1S/C15H22N6O/c1-21(2)9-5-8-16-14-11-17-20-15(19-14)18-12-6-4-7-13(10-12)22-3/h4,6-7,10-11H,5,8-9H2,1-3H3,(H2,16,18,19,20). The molecule has 0 amide bonds. The molecular weight excluding hydrogens is 280 g/mol. The summed E-state index contributed by atoms with van der Waals surface area (Å²) in [6.45, 7) is 1.87. The summed E-state index contributed by atoms with van der Waals surface area (Å²) < 4.78 is 5.19. The summed E-state index contributed by atoms with van der Waals surface area (Å²) in [5.41, 5.74) is 0.853. The van der Waals surface area contributed by atoms with E-state index < -0.39 is 0 Å². The van der Waals surface area contributed by atoms with Crippen molar-refractivity contribution in [2.75, 3.05) is 44.9 Å². The molecule has 2 aromatic rings. The highest BCUT2D eigenvalue weighted by Gasteiger charge is 2.02. The number of anilines is 3. The van der Waals surface area contributed by atoms with E-state index in [1.54, 1.807) is 13.3 Å². The maximum absolute atomic E-state index is 5.19. The second-order valence-corrected chi connectivity index (χ2v) is 5.11. The average Bonchev–Trinajstić information content (AvgIpc) is 2.52. The normalized spacial score (nSPS) is 10.5. The van der Waals surface area contributed by atoms with Crippen molar-refractivity contribution in [2.45, 2.75) is 6.42 Å². The number of nitrogens with one attached hydrogen (secondary N) is 2. The fourth-order valence-electron chi connectivity index (χ4n) is 1.88. The highest BCUT2D eigenvalue weighted by molar-refractivity contribution is 5.56. The third-order valence-electron chi connectivity index (χ3n) is 2.97. The Morgan fingerprint density at radius 2 is 2.14 bits per heavy atom. The van der Waals surface area contributed by atoms with E-state index in [4.69, 9.17) is 4.74 Å². The highest BCUT2D eigenvalue weighted by atomic mass is 16.5. The molecule has 0 spiro atoms. The van der Waals surface area contributed by atoms with Gasteiger partial charge in [0.15, 0.2) is 5.82 Å². The number of hydrogen-bond donors (Lipinski definition) is 2. The Morgan fingerprint density at radius 3 is 2.91 bits per heavy atom. The van der Waals surface area contributed by atoms with Crippen LogP contribution in [-0.4, -0.2) is 54.4 Å². The Morgan fingerprint density at radius 1 is 1.27 bits per heavy atom. The van der Waals surface area contributed by atoms with E-state index in [1.807, 2.05) is 24.3 Å². The molecule has 118 valence electrons. The summed E-state index contributed by atoms with van der Waals surface area (Å²) in [5.74, 6) is 1.93. The van der Waals surface area contributed by atoms with Crippen LogP contribution in [0.2, 0.25) is 0 Å². The highest BCUT2D eigenvalue weighted by Crippen LogP contribution is 2.19. The first-order chi connectivity index (χ1) is 10.7. The fraction of sp³-hybridized carbons (Fsp3) is 0.400. The van der Waals surface area contributed by atoms with Crippen LogP contribution in [0.5, 0.6) is 5.75 Å². The molecule has 7 nitrogen and oxygen atoms in total. The van der Waals surface area contributed by atoms with Gasteiger partial charge >= 0.3 is 0 Å². The molecule has 0 radical (unpaired) electrons. The van der Waals surface area contributed by atoms with Crippen LogP contribution >= 0.6 is 0 Å². The summed E-state index contributed by atoms with van der Waals surface area (Å²) in [6, 6.07) is 7.58. The van der Waals surface area contributed by atoms with Crippen molar-refractivity contribution in [3.8, 4) is 5.75 Å². The minimum atomic E-state index is 0.450. The van der Waals surface area contributed by atoms with Crippen LogP contribution in [0.25, 0.3) is 0 Å².